The van der Waals surface area contributed by atoms with E-state index in [0.717, 1.165) is 33.1 Å². The molecular weight excluding hydrogens is 600 g/mol. The molecule has 0 aromatic heterocycles. The van der Waals surface area contributed by atoms with Crippen molar-refractivity contribution >= 4 is 15.9 Å². The van der Waals surface area contributed by atoms with E-state index in [2.05, 4.69) is 107 Å². The Morgan fingerprint density at radius 2 is 0.907 bits per heavy atom. The van der Waals surface area contributed by atoms with Gasteiger partial charge in [-0.1, -0.05) is 0 Å². The second-order valence-corrected chi connectivity index (χ2v) is 28.8. The van der Waals surface area contributed by atoms with E-state index < -0.39 is 0 Å². The molecule has 2 nitrogen and oxygen atoms in total. The Morgan fingerprint density at radius 3 is 1.21 bits per heavy atom. The monoisotopic (exact) mass is 660 g/mol. The molecule has 0 saturated heterocycles. The second kappa shape index (κ2) is 12.9. The molecule has 0 radical (unpaired) electrons. The number of aromatic hydroxyl groups is 2. The summed E-state index contributed by atoms with van der Waals surface area (Å²) in [7, 11) is 0.693. The van der Waals surface area contributed by atoms with Crippen molar-refractivity contribution in [2.24, 2.45) is 0 Å². The van der Waals surface area contributed by atoms with Crippen molar-refractivity contribution in [3.63, 3.8) is 0 Å². The van der Waals surface area contributed by atoms with Crippen LogP contribution in [0.1, 0.15) is 155 Å². The summed E-state index contributed by atoms with van der Waals surface area (Å²) in [5, 5.41) is 25.0. The van der Waals surface area contributed by atoms with Crippen molar-refractivity contribution < 1.29 is 25.7 Å². The van der Waals surface area contributed by atoms with E-state index >= 15 is 0 Å². The predicted molar refractivity (Wildman–Crippen MR) is 189 cm³/mol. The van der Waals surface area contributed by atoms with Crippen LogP contribution in [0.5, 0.6) is 11.5 Å². The first kappa shape index (κ1) is 35.3. The topological polar surface area (TPSA) is 40.5 Å². The number of phenols is 2. The molecule has 5 heteroatoms. The Kier molecular flexibility index (Phi) is 10.6. The molecule has 1 heterocycles. The van der Waals surface area contributed by atoms with Crippen LogP contribution in [0.3, 0.4) is 0 Å². The summed E-state index contributed by atoms with van der Waals surface area (Å²) in [6.45, 7) is 27.2. The quantitative estimate of drug-likeness (QED) is 0.320. The zero-order chi connectivity index (χ0) is 32.1. The summed E-state index contributed by atoms with van der Waals surface area (Å²) < 4.78 is 0. The first-order valence-corrected chi connectivity index (χ1v) is 23.3. The third-order valence-electron chi connectivity index (χ3n) is 9.43. The molecule has 2 aromatic rings. The van der Waals surface area contributed by atoms with Gasteiger partial charge < -0.3 is 0 Å². The van der Waals surface area contributed by atoms with Crippen molar-refractivity contribution in [3.8, 4) is 11.5 Å². The zero-order valence-corrected chi connectivity index (χ0v) is 32.5. The molecule has 3 unspecified atom stereocenters. The Hall–Kier alpha value is -0.546. The number of rotatable bonds is 4. The van der Waals surface area contributed by atoms with E-state index in [9.17, 15) is 10.2 Å². The summed E-state index contributed by atoms with van der Waals surface area (Å²) in [5.41, 5.74) is 7.20. The van der Waals surface area contributed by atoms with E-state index in [1.165, 1.54) is 60.8 Å². The van der Waals surface area contributed by atoms with Gasteiger partial charge in [0, 0.05) is 0 Å². The van der Waals surface area contributed by atoms with Gasteiger partial charge in [-0.05, 0) is 0 Å². The van der Waals surface area contributed by atoms with Crippen LogP contribution in [0.25, 0.3) is 0 Å². The van der Waals surface area contributed by atoms with Crippen LogP contribution < -0.4 is 0 Å². The van der Waals surface area contributed by atoms with E-state index in [4.69, 9.17) is 0 Å². The predicted octanol–water partition coefficient (Wildman–Crippen LogP) is 11.5. The minimum atomic E-state index is -0.244. The van der Waals surface area contributed by atoms with Crippen LogP contribution in [0.4, 0.5) is 0 Å². The molecule has 2 aliphatic rings. The van der Waals surface area contributed by atoms with Gasteiger partial charge in [0.1, 0.15) is 0 Å². The third kappa shape index (κ3) is 8.25. The summed E-state index contributed by atoms with van der Waals surface area (Å²) in [5.74, 6) is 3.20. The second-order valence-electron chi connectivity index (χ2n) is 17.4. The Labute approximate surface area is 274 Å². The van der Waals surface area contributed by atoms with E-state index in [1.54, 1.807) is 0 Å². The molecular formula is C38H60O2S2Ti. The van der Waals surface area contributed by atoms with Gasteiger partial charge in [0.25, 0.3) is 0 Å². The fraction of sp³-hybridized carbons (Fsp3) is 0.684. The van der Waals surface area contributed by atoms with Gasteiger partial charge in [-0.15, -0.1) is 0 Å². The van der Waals surface area contributed by atoms with Gasteiger partial charge in [-0.3, -0.25) is 0 Å². The van der Waals surface area contributed by atoms with Crippen LogP contribution in [-0.4, -0.2) is 20.7 Å². The van der Waals surface area contributed by atoms with Crippen LogP contribution in [-0.2, 0) is 48.6 Å². The van der Waals surface area contributed by atoms with Crippen molar-refractivity contribution in [1.82, 2.24) is 0 Å². The first-order chi connectivity index (χ1) is 19.7. The normalized spacial score (nSPS) is 23.6. The van der Waals surface area contributed by atoms with E-state index in [-0.39, 0.29) is 37.1 Å². The van der Waals surface area contributed by atoms with E-state index in [0.29, 0.717) is 27.4 Å². The van der Waals surface area contributed by atoms with E-state index in [1.807, 2.05) is 0 Å². The fourth-order valence-corrected chi connectivity index (χ4v) is 27.4. The average molecular weight is 661 g/mol. The Balaban J connectivity index is 1.86. The number of hydrogen-bond donors (Lipinski definition) is 2. The molecule has 0 amide bonds. The Morgan fingerprint density at radius 1 is 0.558 bits per heavy atom. The zero-order valence-electron chi connectivity index (χ0n) is 29.3. The SMILES string of the molecule is CC(C)(C)c1cc(C[S]2=[Ti]=[S](Cc3cc(C(C)(C)C)cc(C(C)(C)C)c3O)[C@H]3CCCCCCC32)c(O)c(C(C)(C)C)c1. The van der Waals surface area contributed by atoms with Gasteiger partial charge in [-0.2, -0.15) is 0 Å². The maximum atomic E-state index is 11.7. The minimum absolute atomic E-state index is 0.0466. The van der Waals surface area contributed by atoms with Crippen molar-refractivity contribution in [2.45, 2.75) is 165 Å². The molecule has 1 fully saturated rings. The van der Waals surface area contributed by atoms with Gasteiger partial charge >= 0.3 is 276 Å². The Bertz CT molecular complexity index is 1310. The number of hydrogen-bond acceptors (Lipinski definition) is 2. The molecule has 43 heavy (non-hydrogen) atoms. The van der Waals surface area contributed by atoms with Crippen LogP contribution in [0.2, 0.25) is 0 Å². The third-order valence-corrected chi connectivity index (χ3v) is 25.4. The van der Waals surface area contributed by atoms with Crippen molar-refractivity contribution in [2.75, 3.05) is 0 Å². The average Bonchev–Trinajstić information content (AvgIpc) is 3.12. The molecule has 2 aromatic carbocycles. The molecule has 1 saturated carbocycles. The molecule has 1 aliphatic carbocycles. The molecule has 0 bridgehead atoms. The molecule has 4 atom stereocenters. The van der Waals surface area contributed by atoms with Gasteiger partial charge in [0.2, 0.25) is 0 Å². The van der Waals surface area contributed by atoms with Crippen LogP contribution in [0.15, 0.2) is 24.3 Å². The van der Waals surface area contributed by atoms with Crippen LogP contribution in [0, 0.1) is 0 Å². The summed E-state index contributed by atoms with van der Waals surface area (Å²) in [6.07, 6.45) is 8.16. The maximum absolute atomic E-state index is 11.7. The molecule has 0 spiro atoms. The van der Waals surface area contributed by atoms with Gasteiger partial charge in [0.15, 0.2) is 0 Å². The number of fused-ring (bicyclic) bond motifs is 1. The molecule has 2 N–H and O–H groups in total. The van der Waals surface area contributed by atoms with Crippen LogP contribution >= 0.6 is 15.9 Å². The summed E-state index contributed by atoms with van der Waals surface area (Å²) >= 11 is -0.244. The van der Waals surface area contributed by atoms with Crippen molar-refractivity contribution in [1.29, 1.82) is 0 Å². The molecule has 4 rings (SSSR count). The number of benzene rings is 2. The van der Waals surface area contributed by atoms with Gasteiger partial charge in [-0.25, -0.2) is 0 Å². The molecule has 240 valence electrons. The summed E-state index contributed by atoms with van der Waals surface area (Å²) in [6, 6.07) is 9.25. The standard InChI is InChI=1S/C38H60O2S2.Ti/c1-35(2,3)27-19-25(33(39)29(21-27)37(7,8)9)23-41-31-17-15-13-14-16-18-32(31)42-24-26-20-28(36(4,5)6)22-30(34(26)40)38(10,11)12;/h19-22,31-32,39-40H,13-18,23-24H2,1-12H3;/t31-,32?;/m0./s1. The first-order valence-electron chi connectivity index (χ1n) is 16.6. The molecule has 1 aliphatic heterocycles. The van der Waals surface area contributed by atoms with Crippen molar-refractivity contribution in [3.05, 3.63) is 57.6 Å². The number of phenolic OH excluding ortho intramolecular Hbond substituents is 2. The van der Waals surface area contributed by atoms with Gasteiger partial charge in [0.05, 0.1) is 0 Å². The summed E-state index contributed by atoms with van der Waals surface area (Å²) in [4.78, 5) is 0. The fourth-order valence-electron chi connectivity index (χ4n) is 6.56.